The van der Waals surface area contributed by atoms with Crippen LogP contribution in [0.2, 0.25) is 0 Å². The van der Waals surface area contributed by atoms with E-state index in [0.717, 1.165) is 9.81 Å². The van der Waals surface area contributed by atoms with E-state index in [4.69, 9.17) is 0 Å². The summed E-state index contributed by atoms with van der Waals surface area (Å²) in [5.41, 5.74) is -0.783. The van der Waals surface area contributed by atoms with E-state index in [9.17, 15) is 5.11 Å². The molecule has 2 heteroatoms. The Labute approximate surface area is 73.2 Å². The van der Waals surface area contributed by atoms with Crippen LogP contribution in [0.15, 0.2) is 22.5 Å². The van der Waals surface area contributed by atoms with Gasteiger partial charge in [-0.2, -0.15) is 0 Å². The van der Waals surface area contributed by atoms with Gasteiger partial charge in [-0.3, -0.25) is 0 Å². The zero-order chi connectivity index (χ0) is 9.07. The molecule has 0 bridgehead atoms. The number of rotatable bonds is 3. The van der Waals surface area contributed by atoms with Crippen molar-refractivity contribution in [3.05, 3.63) is 22.5 Å². The normalized spacial score (nSPS) is 13.4. The summed E-state index contributed by atoms with van der Waals surface area (Å²) in [5.74, 6) is 0. The van der Waals surface area contributed by atoms with Gasteiger partial charge in [0, 0.05) is 4.91 Å². The minimum atomic E-state index is -0.783. The van der Waals surface area contributed by atoms with Crippen molar-refractivity contribution >= 4 is 11.8 Å². The summed E-state index contributed by atoms with van der Waals surface area (Å²) in [7, 11) is 0. The highest BCUT2D eigenvalue weighted by molar-refractivity contribution is 8.06. The molecular formula is C9H16OS. The average Bonchev–Trinajstić information content (AvgIpc) is 1.85. The summed E-state index contributed by atoms with van der Waals surface area (Å²) < 4.78 is 0. The number of allylic oxidation sites excluding steroid dienone is 2. The van der Waals surface area contributed by atoms with Crippen LogP contribution in [0.5, 0.6) is 0 Å². The van der Waals surface area contributed by atoms with Gasteiger partial charge in [0.1, 0.15) is 0 Å². The number of hydrogen-bond acceptors (Lipinski definition) is 2. The average molecular weight is 172 g/mol. The maximum absolute atomic E-state index is 9.48. The lowest BCUT2D eigenvalue weighted by Gasteiger charge is -2.19. The molecule has 11 heavy (non-hydrogen) atoms. The van der Waals surface area contributed by atoms with E-state index in [2.05, 4.69) is 6.58 Å². The lowest BCUT2D eigenvalue weighted by Crippen LogP contribution is -2.18. The van der Waals surface area contributed by atoms with Crippen molar-refractivity contribution in [1.82, 2.24) is 0 Å². The Morgan fingerprint density at radius 1 is 1.55 bits per heavy atom. The number of thioether (sulfide) groups is 1. The van der Waals surface area contributed by atoms with Crippen molar-refractivity contribution in [1.29, 1.82) is 0 Å². The molecule has 0 amide bonds. The summed E-state index contributed by atoms with van der Waals surface area (Å²) in [6.07, 6.45) is 2.00. The van der Waals surface area contributed by atoms with Crippen molar-refractivity contribution in [3.63, 3.8) is 0 Å². The van der Waals surface area contributed by atoms with E-state index >= 15 is 0 Å². The zero-order valence-corrected chi connectivity index (χ0v) is 8.46. The topological polar surface area (TPSA) is 20.2 Å². The highest BCUT2D eigenvalue weighted by Crippen LogP contribution is 2.31. The molecule has 0 saturated heterocycles. The number of hydrogen-bond donors (Lipinski definition) is 1. The molecule has 0 aliphatic rings. The second-order valence-electron chi connectivity index (χ2n) is 2.98. The standard InChI is InChI=1S/C9H16OS/c1-6-7(2)11-8(3)9(4,5)10/h6,10H,3H2,1-2,4-5H3/b7-6-. The van der Waals surface area contributed by atoms with Gasteiger partial charge >= 0.3 is 0 Å². The molecule has 0 radical (unpaired) electrons. The van der Waals surface area contributed by atoms with Crippen LogP contribution in [0.25, 0.3) is 0 Å². The minimum absolute atomic E-state index is 0.783. The first kappa shape index (κ1) is 10.8. The third kappa shape index (κ3) is 4.27. The molecule has 0 aromatic carbocycles. The third-order valence-corrected chi connectivity index (χ3v) is 2.68. The second kappa shape index (κ2) is 3.98. The predicted molar refractivity (Wildman–Crippen MR) is 52.5 cm³/mol. The first-order valence-corrected chi connectivity index (χ1v) is 4.42. The van der Waals surface area contributed by atoms with E-state index < -0.39 is 5.60 Å². The first-order chi connectivity index (χ1) is 4.88. The zero-order valence-electron chi connectivity index (χ0n) is 7.64. The molecule has 64 valence electrons. The van der Waals surface area contributed by atoms with Gasteiger partial charge in [-0.25, -0.2) is 0 Å². The Hall–Kier alpha value is -0.210. The maximum atomic E-state index is 9.48. The van der Waals surface area contributed by atoms with Crippen molar-refractivity contribution < 1.29 is 5.11 Å². The molecule has 0 fully saturated rings. The Morgan fingerprint density at radius 3 is 2.27 bits per heavy atom. The van der Waals surface area contributed by atoms with E-state index in [0.29, 0.717) is 0 Å². The van der Waals surface area contributed by atoms with Crippen LogP contribution in [0.1, 0.15) is 27.7 Å². The third-order valence-electron chi connectivity index (χ3n) is 1.37. The van der Waals surface area contributed by atoms with Gasteiger partial charge in [-0.05, 0) is 32.6 Å². The molecule has 0 aliphatic heterocycles. The van der Waals surface area contributed by atoms with E-state index in [-0.39, 0.29) is 0 Å². The largest absolute Gasteiger partial charge is 0.385 e. The van der Waals surface area contributed by atoms with Gasteiger partial charge < -0.3 is 5.11 Å². The molecule has 0 aliphatic carbocycles. The van der Waals surface area contributed by atoms with Crippen LogP contribution in [-0.2, 0) is 0 Å². The van der Waals surface area contributed by atoms with E-state index in [1.54, 1.807) is 13.8 Å². The molecule has 0 aromatic heterocycles. The Bertz CT molecular complexity index is 174. The quantitative estimate of drug-likeness (QED) is 0.706. The molecule has 0 saturated carbocycles. The van der Waals surface area contributed by atoms with Gasteiger partial charge in [-0.15, -0.1) is 0 Å². The van der Waals surface area contributed by atoms with Crippen LogP contribution in [0.3, 0.4) is 0 Å². The van der Waals surface area contributed by atoms with E-state index in [1.807, 2.05) is 19.9 Å². The van der Waals surface area contributed by atoms with Crippen molar-refractivity contribution in [3.8, 4) is 0 Å². The van der Waals surface area contributed by atoms with E-state index in [1.165, 1.54) is 11.8 Å². The lowest BCUT2D eigenvalue weighted by atomic mass is 10.1. The van der Waals surface area contributed by atoms with Crippen LogP contribution >= 0.6 is 11.8 Å². The molecule has 1 nitrogen and oxygen atoms in total. The van der Waals surface area contributed by atoms with Gasteiger partial charge in [0.15, 0.2) is 0 Å². The van der Waals surface area contributed by atoms with Crippen molar-refractivity contribution in [2.24, 2.45) is 0 Å². The summed E-state index contributed by atoms with van der Waals surface area (Å²) in [6, 6.07) is 0. The summed E-state index contributed by atoms with van der Waals surface area (Å²) in [6.45, 7) is 11.2. The summed E-state index contributed by atoms with van der Waals surface area (Å²) in [5, 5.41) is 9.48. The second-order valence-corrected chi connectivity index (χ2v) is 4.32. The molecule has 0 atom stereocenters. The molecule has 0 heterocycles. The molecular weight excluding hydrogens is 156 g/mol. The van der Waals surface area contributed by atoms with Gasteiger partial charge in [0.05, 0.1) is 5.60 Å². The first-order valence-electron chi connectivity index (χ1n) is 3.60. The lowest BCUT2D eigenvalue weighted by molar-refractivity contribution is 0.129. The Balaban J connectivity index is 4.10. The van der Waals surface area contributed by atoms with Crippen LogP contribution in [0.4, 0.5) is 0 Å². The van der Waals surface area contributed by atoms with Crippen LogP contribution in [0, 0.1) is 0 Å². The fourth-order valence-corrected chi connectivity index (χ4v) is 1.13. The molecule has 0 aromatic rings. The van der Waals surface area contributed by atoms with Crippen LogP contribution in [-0.4, -0.2) is 10.7 Å². The predicted octanol–water partition coefficient (Wildman–Crippen LogP) is 2.93. The molecule has 0 unspecified atom stereocenters. The molecule has 0 spiro atoms. The minimum Gasteiger partial charge on any atom is -0.385 e. The summed E-state index contributed by atoms with van der Waals surface area (Å²) >= 11 is 1.52. The van der Waals surface area contributed by atoms with Crippen LogP contribution < -0.4 is 0 Å². The smallest absolute Gasteiger partial charge is 0.0896 e. The van der Waals surface area contributed by atoms with Gasteiger partial charge in [-0.1, -0.05) is 24.4 Å². The highest BCUT2D eigenvalue weighted by Gasteiger charge is 2.17. The molecule has 1 N–H and O–H groups in total. The highest BCUT2D eigenvalue weighted by atomic mass is 32.2. The number of aliphatic hydroxyl groups is 1. The Morgan fingerprint density at radius 2 is 2.00 bits per heavy atom. The Kier molecular flexibility index (Phi) is 3.90. The fraction of sp³-hybridized carbons (Fsp3) is 0.556. The van der Waals surface area contributed by atoms with Crippen molar-refractivity contribution in [2.45, 2.75) is 33.3 Å². The van der Waals surface area contributed by atoms with Gasteiger partial charge in [0.2, 0.25) is 0 Å². The maximum Gasteiger partial charge on any atom is 0.0896 e. The SMILES string of the molecule is C=C(S/C(C)=C\C)C(C)(C)O. The van der Waals surface area contributed by atoms with Gasteiger partial charge in [0.25, 0.3) is 0 Å². The molecule has 0 rings (SSSR count). The fourth-order valence-electron chi connectivity index (χ4n) is 0.378. The monoisotopic (exact) mass is 172 g/mol. The summed E-state index contributed by atoms with van der Waals surface area (Å²) in [4.78, 5) is 1.95. The van der Waals surface area contributed by atoms with Crippen molar-refractivity contribution in [2.75, 3.05) is 0 Å².